The van der Waals surface area contributed by atoms with Crippen molar-refractivity contribution in [3.63, 3.8) is 0 Å². The number of methoxy groups -OCH3 is 1. The van der Waals surface area contributed by atoms with E-state index in [-0.39, 0.29) is 18.0 Å². The summed E-state index contributed by atoms with van der Waals surface area (Å²) in [7, 11) is 1.61. The summed E-state index contributed by atoms with van der Waals surface area (Å²) >= 11 is 0. The second-order valence-electron chi connectivity index (χ2n) is 7.02. The number of ether oxygens (including phenoxy) is 1. The largest absolute Gasteiger partial charge is 0.496 e. The molecule has 152 valence electrons. The van der Waals surface area contributed by atoms with E-state index in [4.69, 9.17) is 4.74 Å². The van der Waals surface area contributed by atoms with Gasteiger partial charge in [0.15, 0.2) is 0 Å². The number of hydrogen-bond acceptors (Lipinski definition) is 5. The van der Waals surface area contributed by atoms with Crippen molar-refractivity contribution in [3.05, 3.63) is 101 Å². The average molecular weight is 409 g/mol. The topological polar surface area (TPSA) is 74.3 Å². The van der Waals surface area contributed by atoms with E-state index in [1.165, 1.54) is 9.08 Å². The van der Waals surface area contributed by atoms with Gasteiger partial charge in [0.25, 0.3) is 5.78 Å². The highest BCUT2D eigenvalue weighted by Gasteiger charge is 2.20. The molecule has 0 unspecified atom stereocenters. The number of rotatable bonds is 5. The minimum atomic E-state index is -0.285. The lowest BCUT2D eigenvalue weighted by Gasteiger charge is -2.10. The number of fused-ring (bicyclic) bond motifs is 1. The van der Waals surface area contributed by atoms with Crippen LogP contribution in [0.15, 0.2) is 89.7 Å². The summed E-state index contributed by atoms with van der Waals surface area (Å²) < 4.78 is 8.34. The first-order valence-corrected chi connectivity index (χ1v) is 9.85. The third-order valence-electron chi connectivity index (χ3n) is 5.12. The molecule has 0 fully saturated rings. The molecule has 7 heteroatoms. The first-order chi connectivity index (χ1) is 15.3. The fraction of sp³-hybridized carbons (Fsp3) is 0.0833. The van der Waals surface area contributed by atoms with E-state index in [2.05, 4.69) is 15.3 Å². The van der Waals surface area contributed by atoms with Crippen LogP contribution in [0.1, 0.15) is 5.56 Å². The molecule has 5 aromatic rings. The zero-order chi connectivity index (χ0) is 21.2. The van der Waals surface area contributed by atoms with E-state index >= 15 is 0 Å². The highest BCUT2D eigenvalue weighted by Crippen LogP contribution is 2.29. The van der Waals surface area contributed by atoms with E-state index in [0.717, 1.165) is 16.7 Å². The maximum absolute atomic E-state index is 13.5. The zero-order valence-corrected chi connectivity index (χ0v) is 16.8. The molecule has 0 saturated heterocycles. The van der Waals surface area contributed by atoms with Gasteiger partial charge in [0.2, 0.25) is 0 Å². The van der Waals surface area contributed by atoms with Crippen LogP contribution < -0.4 is 10.4 Å². The van der Waals surface area contributed by atoms with Gasteiger partial charge in [-0.25, -0.2) is 13.9 Å². The molecule has 31 heavy (non-hydrogen) atoms. The summed E-state index contributed by atoms with van der Waals surface area (Å²) in [6.45, 7) is 0.265. The molecule has 0 N–H and O–H groups in total. The molecule has 0 radical (unpaired) electrons. The Hall–Kier alpha value is -4.26. The Bertz CT molecular complexity index is 1410. The van der Waals surface area contributed by atoms with Crippen molar-refractivity contribution in [1.29, 1.82) is 0 Å². The van der Waals surface area contributed by atoms with Crippen molar-refractivity contribution in [2.24, 2.45) is 0 Å². The van der Waals surface area contributed by atoms with Crippen molar-refractivity contribution in [2.75, 3.05) is 7.11 Å². The van der Waals surface area contributed by atoms with Gasteiger partial charge in [0, 0.05) is 16.7 Å². The summed E-state index contributed by atoms with van der Waals surface area (Å²) in [6, 6.07) is 27.0. The monoisotopic (exact) mass is 409 g/mol. The zero-order valence-electron chi connectivity index (χ0n) is 16.8. The van der Waals surface area contributed by atoms with Crippen LogP contribution >= 0.6 is 0 Å². The SMILES string of the molecule is COc1ccccc1Cn1nc2nnc(-c3ccccc3)c(-c3ccccc3)n2c1=O. The molecule has 2 aromatic heterocycles. The Morgan fingerprint density at radius 3 is 2.16 bits per heavy atom. The lowest BCUT2D eigenvalue weighted by molar-refractivity contribution is 0.407. The summed E-state index contributed by atoms with van der Waals surface area (Å²) in [5.74, 6) is 0.948. The van der Waals surface area contributed by atoms with Crippen LogP contribution in [0.2, 0.25) is 0 Å². The van der Waals surface area contributed by atoms with Gasteiger partial charge in [-0.05, 0) is 6.07 Å². The second kappa shape index (κ2) is 7.87. The maximum atomic E-state index is 13.5. The normalized spacial score (nSPS) is 11.0. The summed E-state index contributed by atoms with van der Waals surface area (Å²) in [6.07, 6.45) is 0. The first kappa shape index (κ1) is 18.7. The van der Waals surface area contributed by atoms with Crippen molar-refractivity contribution < 1.29 is 4.74 Å². The van der Waals surface area contributed by atoms with Crippen LogP contribution in [-0.4, -0.2) is 31.5 Å². The van der Waals surface area contributed by atoms with Gasteiger partial charge in [-0.2, -0.15) is 0 Å². The lowest BCUT2D eigenvalue weighted by Crippen LogP contribution is -2.23. The van der Waals surface area contributed by atoms with Crippen LogP contribution in [0, 0.1) is 0 Å². The van der Waals surface area contributed by atoms with Gasteiger partial charge in [-0.15, -0.1) is 15.3 Å². The molecule has 7 nitrogen and oxygen atoms in total. The lowest BCUT2D eigenvalue weighted by atomic mass is 10.0. The molecule has 0 aliphatic carbocycles. The van der Waals surface area contributed by atoms with Gasteiger partial charge >= 0.3 is 5.69 Å². The summed E-state index contributed by atoms with van der Waals surface area (Å²) in [5, 5.41) is 13.1. The van der Waals surface area contributed by atoms with Crippen LogP contribution in [0.5, 0.6) is 5.75 Å². The number of benzene rings is 3. The Balaban J connectivity index is 1.75. The Morgan fingerprint density at radius 2 is 1.45 bits per heavy atom. The molecule has 0 aliphatic heterocycles. The van der Waals surface area contributed by atoms with Gasteiger partial charge in [0.05, 0.1) is 19.3 Å². The molecule has 5 rings (SSSR count). The Morgan fingerprint density at radius 1 is 0.806 bits per heavy atom. The van der Waals surface area contributed by atoms with Gasteiger partial charge in [-0.3, -0.25) is 0 Å². The molecule has 2 heterocycles. The van der Waals surface area contributed by atoms with Crippen LogP contribution in [0.3, 0.4) is 0 Å². The van der Waals surface area contributed by atoms with Crippen molar-refractivity contribution in [3.8, 4) is 28.3 Å². The fourth-order valence-corrected chi connectivity index (χ4v) is 3.66. The van der Waals surface area contributed by atoms with Crippen molar-refractivity contribution in [2.45, 2.75) is 6.54 Å². The molecular formula is C24H19N5O2. The molecule has 0 amide bonds. The maximum Gasteiger partial charge on any atom is 0.352 e. The fourth-order valence-electron chi connectivity index (χ4n) is 3.66. The van der Waals surface area contributed by atoms with Gasteiger partial charge in [0.1, 0.15) is 11.4 Å². The van der Waals surface area contributed by atoms with Crippen LogP contribution in [0.25, 0.3) is 28.3 Å². The molecule has 0 saturated carbocycles. The van der Waals surface area contributed by atoms with Crippen molar-refractivity contribution >= 4 is 5.78 Å². The first-order valence-electron chi connectivity index (χ1n) is 9.85. The third-order valence-corrected chi connectivity index (χ3v) is 5.12. The summed E-state index contributed by atoms with van der Waals surface area (Å²) in [4.78, 5) is 13.5. The Labute approximate surface area is 178 Å². The quantitative estimate of drug-likeness (QED) is 0.443. The summed E-state index contributed by atoms with van der Waals surface area (Å²) in [5.41, 5.74) is 3.59. The predicted octanol–water partition coefficient (Wildman–Crippen LogP) is 3.68. The van der Waals surface area contributed by atoms with Crippen LogP contribution in [0.4, 0.5) is 0 Å². The highest BCUT2D eigenvalue weighted by atomic mass is 16.5. The van der Waals surface area contributed by atoms with E-state index in [9.17, 15) is 4.79 Å². The predicted molar refractivity (Wildman–Crippen MR) is 118 cm³/mol. The van der Waals surface area contributed by atoms with E-state index < -0.39 is 0 Å². The third kappa shape index (κ3) is 3.36. The molecule has 3 aromatic carbocycles. The number of aromatic nitrogens is 5. The second-order valence-corrected chi connectivity index (χ2v) is 7.02. The van der Waals surface area contributed by atoms with Crippen LogP contribution in [-0.2, 0) is 6.54 Å². The van der Waals surface area contributed by atoms with Crippen molar-refractivity contribution in [1.82, 2.24) is 24.4 Å². The molecule has 0 atom stereocenters. The van der Waals surface area contributed by atoms with Gasteiger partial charge < -0.3 is 4.74 Å². The molecule has 0 spiro atoms. The number of para-hydroxylation sites is 1. The standard InChI is InChI=1S/C24H19N5O2/c1-31-20-15-9-8-14-19(20)16-28-24(30)29-22(18-12-6-3-7-13-18)21(25-26-23(29)27-28)17-10-4-2-5-11-17/h2-15H,16H2,1H3. The minimum absolute atomic E-state index is 0.249. The van der Waals surface area contributed by atoms with E-state index in [0.29, 0.717) is 17.1 Å². The highest BCUT2D eigenvalue weighted by molar-refractivity contribution is 5.78. The molecular weight excluding hydrogens is 390 g/mol. The van der Waals surface area contributed by atoms with E-state index in [1.54, 1.807) is 7.11 Å². The average Bonchev–Trinajstić information content (AvgIpc) is 3.15. The molecule has 0 aliphatic rings. The number of nitrogens with zero attached hydrogens (tertiary/aromatic N) is 5. The van der Waals surface area contributed by atoms with Gasteiger partial charge in [-0.1, -0.05) is 78.9 Å². The number of hydrogen-bond donors (Lipinski definition) is 0. The molecule has 0 bridgehead atoms. The smallest absolute Gasteiger partial charge is 0.352 e. The Kier molecular flexibility index (Phi) is 4.76. The minimum Gasteiger partial charge on any atom is -0.496 e. The van der Waals surface area contributed by atoms with E-state index in [1.807, 2.05) is 84.9 Å².